The Bertz CT molecular complexity index is 913. The van der Waals surface area contributed by atoms with Gasteiger partial charge in [0.1, 0.15) is 18.2 Å². The van der Waals surface area contributed by atoms with Crippen molar-refractivity contribution in [2.75, 3.05) is 0 Å². The van der Waals surface area contributed by atoms with E-state index in [0.29, 0.717) is 18.3 Å². The number of halogens is 1. The maximum Gasteiger partial charge on any atom is 0.187 e. The molecule has 4 nitrogen and oxygen atoms in total. The van der Waals surface area contributed by atoms with Crippen LogP contribution in [-0.4, -0.2) is 11.3 Å². The zero-order valence-electron chi connectivity index (χ0n) is 15.1. The van der Waals surface area contributed by atoms with Gasteiger partial charge in [-0.15, -0.1) is 0 Å². The van der Waals surface area contributed by atoms with Crippen molar-refractivity contribution in [3.63, 3.8) is 0 Å². The number of nitrogens with one attached hydrogen (secondary N) is 2. The summed E-state index contributed by atoms with van der Waals surface area (Å²) < 4.78 is 18.6. The van der Waals surface area contributed by atoms with Crippen LogP contribution in [0.3, 0.4) is 0 Å². The van der Waals surface area contributed by atoms with Gasteiger partial charge < -0.3 is 10.1 Å². The van der Waals surface area contributed by atoms with Crippen molar-refractivity contribution in [1.29, 1.82) is 0 Å². The van der Waals surface area contributed by atoms with Crippen LogP contribution >= 0.6 is 12.2 Å². The van der Waals surface area contributed by atoms with E-state index in [1.54, 1.807) is 18.3 Å². The molecule has 0 fully saturated rings. The van der Waals surface area contributed by atoms with Crippen molar-refractivity contribution in [3.8, 4) is 5.75 Å². The van der Waals surface area contributed by atoms with E-state index in [1.165, 1.54) is 12.1 Å². The van der Waals surface area contributed by atoms with Crippen molar-refractivity contribution in [2.24, 2.45) is 5.10 Å². The highest BCUT2D eigenvalue weighted by atomic mass is 32.1. The highest BCUT2D eigenvalue weighted by Crippen LogP contribution is 2.13. The highest BCUT2D eigenvalue weighted by molar-refractivity contribution is 7.80. The van der Waals surface area contributed by atoms with Gasteiger partial charge in [-0.25, -0.2) is 4.39 Å². The third kappa shape index (κ3) is 6.48. The van der Waals surface area contributed by atoms with Crippen molar-refractivity contribution in [2.45, 2.75) is 13.2 Å². The first-order valence-electron chi connectivity index (χ1n) is 8.77. The molecule has 0 saturated heterocycles. The molecule has 0 amide bonds. The fraction of sp³-hybridized carbons (Fsp3) is 0.0909. The number of hydrogen-bond donors (Lipinski definition) is 2. The van der Waals surface area contributed by atoms with Gasteiger partial charge in [-0.1, -0.05) is 42.5 Å². The molecule has 6 heteroatoms. The summed E-state index contributed by atoms with van der Waals surface area (Å²) in [7, 11) is 0. The van der Waals surface area contributed by atoms with Crippen LogP contribution in [0.5, 0.6) is 5.75 Å². The Morgan fingerprint density at radius 2 is 1.64 bits per heavy atom. The molecule has 0 heterocycles. The van der Waals surface area contributed by atoms with Crippen LogP contribution in [0, 0.1) is 5.82 Å². The van der Waals surface area contributed by atoms with E-state index in [-0.39, 0.29) is 5.82 Å². The van der Waals surface area contributed by atoms with Crippen molar-refractivity contribution in [1.82, 2.24) is 10.7 Å². The second-order valence-corrected chi connectivity index (χ2v) is 6.43. The maximum absolute atomic E-state index is 12.9. The predicted molar refractivity (Wildman–Crippen MR) is 114 cm³/mol. The van der Waals surface area contributed by atoms with E-state index >= 15 is 0 Å². The lowest BCUT2D eigenvalue weighted by Crippen LogP contribution is -2.31. The van der Waals surface area contributed by atoms with Crippen molar-refractivity contribution in [3.05, 3.63) is 101 Å². The van der Waals surface area contributed by atoms with Gasteiger partial charge >= 0.3 is 0 Å². The van der Waals surface area contributed by atoms with Gasteiger partial charge in [-0.2, -0.15) is 5.10 Å². The molecule has 2 N–H and O–H groups in total. The van der Waals surface area contributed by atoms with Crippen molar-refractivity contribution < 1.29 is 9.13 Å². The molecular formula is C22H20FN3OS. The number of thiocarbonyl (C=S) groups is 1. The Kier molecular flexibility index (Phi) is 7.09. The normalized spacial score (nSPS) is 10.6. The molecule has 0 atom stereocenters. The average Bonchev–Trinajstić information content (AvgIpc) is 2.73. The Morgan fingerprint density at radius 3 is 2.36 bits per heavy atom. The lowest BCUT2D eigenvalue weighted by Gasteiger charge is -2.07. The molecule has 0 saturated carbocycles. The number of benzene rings is 3. The summed E-state index contributed by atoms with van der Waals surface area (Å²) in [5.41, 5.74) is 5.76. The molecule has 142 valence electrons. The first kappa shape index (κ1) is 19.5. The SMILES string of the molecule is Fc1ccc(COc2ccc(C=NNC(=S)NCc3ccccc3)cc2)cc1. The minimum Gasteiger partial charge on any atom is -0.489 e. The van der Waals surface area contributed by atoms with Crippen LogP contribution < -0.4 is 15.5 Å². The summed E-state index contributed by atoms with van der Waals surface area (Å²) in [5.74, 6) is 0.477. The monoisotopic (exact) mass is 393 g/mol. The molecule has 0 unspecified atom stereocenters. The zero-order chi connectivity index (χ0) is 19.6. The smallest absolute Gasteiger partial charge is 0.187 e. The van der Waals surface area contributed by atoms with Crippen molar-refractivity contribution >= 4 is 23.5 Å². The summed E-state index contributed by atoms with van der Waals surface area (Å²) in [4.78, 5) is 0. The fourth-order valence-corrected chi connectivity index (χ4v) is 2.51. The largest absolute Gasteiger partial charge is 0.489 e. The standard InChI is InChI=1S/C22H20FN3OS/c23-20-10-6-19(7-11-20)16-27-21-12-8-18(9-13-21)15-25-26-22(28)24-14-17-4-2-1-3-5-17/h1-13,15H,14,16H2,(H2,24,26,28). The van der Waals surface area contributed by atoms with E-state index in [4.69, 9.17) is 17.0 Å². The summed E-state index contributed by atoms with van der Waals surface area (Å²) >= 11 is 5.20. The lowest BCUT2D eigenvalue weighted by molar-refractivity contribution is 0.306. The first-order chi connectivity index (χ1) is 13.7. The van der Waals surface area contributed by atoms with Gasteiger partial charge in [0.25, 0.3) is 0 Å². The molecule has 0 radical (unpaired) electrons. The highest BCUT2D eigenvalue weighted by Gasteiger charge is 1.98. The van der Waals surface area contributed by atoms with E-state index in [2.05, 4.69) is 15.8 Å². The first-order valence-corrected chi connectivity index (χ1v) is 9.18. The van der Waals surface area contributed by atoms with Crippen LogP contribution in [0.2, 0.25) is 0 Å². The number of nitrogens with zero attached hydrogens (tertiary/aromatic N) is 1. The second-order valence-electron chi connectivity index (χ2n) is 6.02. The molecule has 0 spiro atoms. The number of hydrogen-bond acceptors (Lipinski definition) is 3. The summed E-state index contributed by atoms with van der Waals surface area (Å²) in [6.07, 6.45) is 1.68. The number of hydrazone groups is 1. The number of ether oxygens (including phenoxy) is 1. The molecule has 28 heavy (non-hydrogen) atoms. The fourth-order valence-electron chi connectivity index (χ4n) is 2.38. The number of rotatable bonds is 7. The van der Waals surface area contributed by atoms with E-state index in [9.17, 15) is 4.39 Å². The van der Waals surface area contributed by atoms with Gasteiger partial charge in [0.15, 0.2) is 5.11 Å². The summed E-state index contributed by atoms with van der Waals surface area (Å²) in [6, 6.07) is 23.8. The van der Waals surface area contributed by atoms with Gasteiger partial charge in [-0.05, 0) is 65.3 Å². The molecule has 0 aliphatic rings. The van der Waals surface area contributed by atoms with Gasteiger partial charge in [0, 0.05) is 6.54 Å². The molecule has 3 aromatic carbocycles. The van der Waals surface area contributed by atoms with Crippen LogP contribution in [0.4, 0.5) is 4.39 Å². The second kappa shape index (κ2) is 10.2. The molecule has 0 aliphatic carbocycles. The van der Waals surface area contributed by atoms with Crippen LogP contribution in [0.15, 0.2) is 84.0 Å². The van der Waals surface area contributed by atoms with Crippen LogP contribution in [-0.2, 0) is 13.2 Å². The zero-order valence-corrected chi connectivity index (χ0v) is 16.0. The minimum atomic E-state index is -0.254. The van der Waals surface area contributed by atoms with Crippen LogP contribution in [0.1, 0.15) is 16.7 Å². The average molecular weight is 393 g/mol. The molecule has 0 aromatic heterocycles. The van der Waals surface area contributed by atoms with Gasteiger partial charge in [0.2, 0.25) is 0 Å². The molecule has 3 aromatic rings. The minimum absolute atomic E-state index is 0.254. The Balaban J connectivity index is 1.41. The maximum atomic E-state index is 12.9. The molecule has 0 aliphatic heterocycles. The third-order valence-corrected chi connectivity index (χ3v) is 4.11. The van der Waals surface area contributed by atoms with E-state index in [1.807, 2.05) is 54.6 Å². The Labute approximate surface area is 169 Å². The van der Waals surface area contributed by atoms with Gasteiger partial charge in [-0.3, -0.25) is 5.43 Å². The van der Waals surface area contributed by atoms with Gasteiger partial charge in [0.05, 0.1) is 6.21 Å². The molecular weight excluding hydrogens is 373 g/mol. The predicted octanol–water partition coefficient (Wildman–Crippen LogP) is 4.40. The van der Waals surface area contributed by atoms with E-state index in [0.717, 1.165) is 22.4 Å². The molecule has 0 bridgehead atoms. The topological polar surface area (TPSA) is 45.6 Å². The summed E-state index contributed by atoms with van der Waals surface area (Å²) in [5, 5.41) is 7.68. The van der Waals surface area contributed by atoms with E-state index < -0.39 is 0 Å². The van der Waals surface area contributed by atoms with Crippen LogP contribution in [0.25, 0.3) is 0 Å². The lowest BCUT2D eigenvalue weighted by atomic mass is 10.2. The Hall–Kier alpha value is -3.25. The quantitative estimate of drug-likeness (QED) is 0.355. The Morgan fingerprint density at radius 1 is 0.929 bits per heavy atom. The third-order valence-electron chi connectivity index (χ3n) is 3.87. The molecule has 3 rings (SSSR count). The summed E-state index contributed by atoms with van der Waals surface area (Å²) in [6.45, 7) is 1.03.